The van der Waals surface area contributed by atoms with E-state index in [0.29, 0.717) is 23.4 Å². The zero-order valence-corrected chi connectivity index (χ0v) is 18.9. The predicted octanol–water partition coefficient (Wildman–Crippen LogP) is 5.32. The molecule has 2 aromatic heterocycles. The number of benzene rings is 3. The first-order chi connectivity index (χ1) is 16.0. The number of para-hydroxylation sites is 1. The van der Waals surface area contributed by atoms with Crippen molar-refractivity contribution in [3.05, 3.63) is 82.6 Å². The Bertz CT molecular complexity index is 1590. The quantitative estimate of drug-likeness (QED) is 0.403. The molecule has 0 aliphatic heterocycles. The van der Waals surface area contributed by atoms with Gasteiger partial charge in [-0.25, -0.2) is 0 Å². The van der Waals surface area contributed by atoms with Gasteiger partial charge in [-0.2, -0.15) is 0 Å². The smallest absolute Gasteiger partial charge is 0.261 e. The van der Waals surface area contributed by atoms with E-state index in [9.17, 15) is 9.59 Å². The van der Waals surface area contributed by atoms with E-state index in [1.54, 1.807) is 16.8 Å². The van der Waals surface area contributed by atoms with Crippen molar-refractivity contribution in [1.29, 1.82) is 0 Å². The van der Waals surface area contributed by atoms with Crippen molar-refractivity contribution in [3.63, 3.8) is 0 Å². The number of nitrogens with zero attached hydrogens (tertiary/aromatic N) is 2. The van der Waals surface area contributed by atoms with Crippen molar-refractivity contribution in [1.82, 2.24) is 9.13 Å². The molecule has 5 rings (SSSR count). The van der Waals surface area contributed by atoms with Gasteiger partial charge in [-0.3, -0.25) is 9.59 Å². The summed E-state index contributed by atoms with van der Waals surface area (Å²) < 4.78 is 9.59. The Balaban J connectivity index is 1.56. The molecule has 166 valence electrons. The average molecular weight is 440 g/mol. The number of pyridine rings is 1. The highest BCUT2D eigenvalue weighted by molar-refractivity contribution is 6.11. The van der Waals surface area contributed by atoms with Crippen LogP contribution in [-0.4, -0.2) is 21.6 Å². The normalized spacial score (nSPS) is 11.4. The van der Waals surface area contributed by atoms with E-state index in [2.05, 4.69) is 28.9 Å². The fourth-order valence-electron chi connectivity index (χ4n) is 4.56. The molecular formula is C27H25N3O3. The molecule has 0 aliphatic rings. The fraction of sp³-hybridized carbons (Fsp3) is 0.185. The highest BCUT2D eigenvalue weighted by Crippen LogP contribution is 2.31. The van der Waals surface area contributed by atoms with Crippen molar-refractivity contribution >= 4 is 44.3 Å². The van der Waals surface area contributed by atoms with Crippen molar-refractivity contribution < 1.29 is 9.53 Å². The molecule has 6 nitrogen and oxygen atoms in total. The Kier molecular flexibility index (Phi) is 5.13. The van der Waals surface area contributed by atoms with Gasteiger partial charge < -0.3 is 19.2 Å². The highest BCUT2D eigenvalue weighted by Gasteiger charge is 2.17. The number of anilines is 1. The molecule has 0 fully saturated rings. The van der Waals surface area contributed by atoms with Crippen LogP contribution >= 0.6 is 0 Å². The monoisotopic (exact) mass is 439 g/mol. The topological polar surface area (TPSA) is 65.3 Å². The summed E-state index contributed by atoms with van der Waals surface area (Å²) in [6.45, 7) is 5.37. The van der Waals surface area contributed by atoms with E-state index in [4.69, 9.17) is 4.74 Å². The summed E-state index contributed by atoms with van der Waals surface area (Å²) in [5.41, 5.74) is 3.44. The third kappa shape index (κ3) is 3.44. The maximum atomic E-state index is 13.2. The van der Waals surface area contributed by atoms with E-state index >= 15 is 0 Å². The summed E-state index contributed by atoms with van der Waals surface area (Å²) in [6, 6.07) is 19.5. The molecule has 0 saturated heterocycles. The number of carbonyl (C=O) groups is 1. The highest BCUT2D eigenvalue weighted by atomic mass is 16.5. The second-order valence-electron chi connectivity index (χ2n) is 8.04. The van der Waals surface area contributed by atoms with Crippen molar-refractivity contribution in [2.75, 3.05) is 11.9 Å². The van der Waals surface area contributed by atoms with Crippen LogP contribution in [0.3, 0.4) is 0 Å². The molecule has 0 unspecified atom stereocenters. The summed E-state index contributed by atoms with van der Waals surface area (Å²) >= 11 is 0. The van der Waals surface area contributed by atoms with E-state index in [1.807, 2.05) is 56.4 Å². The molecule has 5 aromatic rings. The fourth-order valence-corrected chi connectivity index (χ4v) is 4.56. The Morgan fingerprint density at radius 3 is 2.45 bits per heavy atom. The van der Waals surface area contributed by atoms with Crippen LogP contribution in [0.1, 0.15) is 24.2 Å². The van der Waals surface area contributed by atoms with Crippen LogP contribution in [-0.2, 0) is 13.6 Å². The van der Waals surface area contributed by atoms with Gasteiger partial charge in [0.05, 0.1) is 17.5 Å². The molecule has 3 aromatic carbocycles. The van der Waals surface area contributed by atoms with Crippen molar-refractivity contribution in [2.45, 2.75) is 20.4 Å². The lowest BCUT2D eigenvalue weighted by Crippen LogP contribution is -2.23. The summed E-state index contributed by atoms with van der Waals surface area (Å²) in [6.07, 6.45) is 1.59. The summed E-state index contributed by atoms with van der Waals surface area (Å²) in [4.78, 5) is 26.3. The molecule has 2 heterocycles. The van der Waals surface area contributed by atoms with Crippen LogP contribution in [0.15, 0.2) is 71.7 Å². The van der Waals surface area contributed by atoms with Gasteiger partial charge in [-0.05, 0) is 56.3 Å². The molecule has 1 amide bonds. The average Bonchev–Trinajstić information content (AvgIpc) is 3.14. The number of ether oxygens (including phenoxy) is 1. The van der Waals surface area contributed by atoms with Crippen LogP contribution in [0.4, 0.5) is 5.69 Å². The number of rotatable bonds is 5. The molecule has 33 heavy (non-hydrogen) atoms. The number of carbonyl (C=O) groups excluding carboxylic acids is 1. The van der Waals surface area contributed by atoms with Gasteiger partial charge in [0, 0.05) is 47.3 Å². The summed E-state index contributed by atoms with van der Waals surface area (Å²) in [5, 5.41) is 5.58. The van der Waals surface area contributed by atoms with Crippen LogP contribution in [0.25, 0.3) is 32.7 Å². The van der Waals surface area contributed by atoms with Crippen LogP contribution in [0.5, 0.6) is 5.75 Å². The van der Waals surface area contributed by atoms with Crippen LogP contribution in [0.2, 0.25) is 0 Å². The predicted molar refractivity (Wildman–Crippen MR) is 133 cm³/mol. The number of fused-ring (bicyclic) bond motifs is 4. The number of aromatic nitrogens is 2. The van der Waals surface area contributed by atoms with Gasteiger partial charge in [-0.15, -0.1) is 0 Å². The summed E-state index contributed by atoms with van der Waals surface area (Å²) in [5.74, 6) is 0.176. The van der Waals surface area contributed by atoms with Gasteiger partial charge in [-0.1, -0.05) is 18.2 Å². The second kappa shape index (κ2) is 8.13. The third-order valence-electron chi connectivity index (χ3n) is 6.06. The number of hydrogen-bond donors (Lipinski definition) is 1. The first kappa shape index (κ1) is 20.8. The summed E-state index contributed by atoms with van der Waals surface area (Å²) in [7, 11) is 1.82. The first-order valence-electron chi connectivity index (χ1n) is 11.1. The zero-order chi connectivity index (χ0) is 23.1. The maximum Gasteiger partial charge on any atom is 0.261 e. The largest absolute Gasteiger partial charge is 0.494 e. The second-order valence-corrected chi connectivity index (χ2v) is 8.04. The standard InChI is InChI=1S/C27H25N3O3/c1-4-30-24-9-7-6-8-19(24)20-14-17(10-12-25(20)30)28-27(32)22-16-29(3)23-13-11-18(33-5-2)15-21(23)26(22)31/h6-16H,4-5H2,1-3H3,(H,28,32). The van der Waals surface area contributed by atoms with Gasteiger partial charge in [0.1, 0.15) is 11.3 Å². The van der Waals surface area contributed by atoms with Crippen molar-refractivity contribution in [3.8, 4) is 5.75 Å². The molecule has 0 saturated carbocycles. The number of nitrogens with one attached hydrogen (secondary N) is 1. The van der Waals surface area contributed by atoms with Crippen molar-refractivity contribution in [2.24, 2.45) is 7.05 Å². The van der Waals surface area contributed by atoms with Gasteiger partial charge in [0.15, 0.2) is 0 Å². The van der Waals surface area contributed by atoms with Gasteiger partial charge >= 0.3 is 0 Å². The van der Waals surface area contributed by atoms with E-state index in [-0.39, 0.29) is 11.0 Å². The van der Waals surface area contributed by atoms with Crippen LogP contribution < -0.4 is 15.5 Å². The molecule has 0 spiro atoms. The lowest BCUT2D eigenvalue weighted by molar-refractivity contribution is 0.102. The third-order valence-corrected chi connectivity index (χ3v) is 6.06. The molecule has 0 radical (unpaired) electrons. The minimum atomic E-state index is -0.433. The van der Waals surface area contributed by atoms with Crippen LogP contribution in [0, 0.1) is 0 Å². The zero-order valence-electron chi connectivity index (χ0n) is 18.9. The molecule has 0 bridgehead atoms. The Hall–Kier alpha value is -4.06. The molecule has 6 heteroatoms. The lowest BCUT2D eigenvalue weighted by Gasteiger charge is -2.11. The maximum absolute atomic E-state index is 13.2. The van der Waals surface area contributed by atoms with E-state index in [1.165, 1.54) is 0 Å². The number of amides is 1. The Morgan fingerprint density at radius 1 is 0.909 bits per heavy atom. The Morgan fingerprint density at radius 2 is 1.67 bits per heavy atom. The van der Waals surface area contributed by atoms with Gasteiger partial charge in [0.25, 0.3) is 5.91 Å². The first-order valence-corrected chi connectivity index (χ1v) is 11.1. The molecule has 0 aliphatic carbocycles. The lowest BCUT2D eigenvalue weighted by atomic mass is 10.1. The minimum Gasteiger partial charge on any atom is -0.494 e. The molecule has 1 N–H and O–H groups in total. The van der Waals surface area contributed by atoms with E-state index < -0.39 is 5.91 Å². The Labute approximate surface area is 191 Å². The van der Waals surface area contributed by atoms with E-state index in [0.717, 1.165) is 33.9 Å². The molecule has 0 atom stereocenters. The number of aryl methyl sites for hydroxylation is 2. The minimum absolute atomic E-state index is 0.0923. The SMILES string of the molecule is CCOc1ccc2c(c1)c(=O)c(C(=O)Nc1ccc3c(c1)c1ccccc1n3CC)cn2C. The molecular weight excluding hydrogens is 414 g/mol. The number of hydrogen-bond acceptors (Lipinski definition) is 3. The van der Waals surface area contributed by atoms with Gasteiger partial charge in [0.2, 0.25) is 5.43 Å².